The Balaban J connectivity index is 1.60. The molecule has 0 radical (unpaired) electrons. The third-order valence-electron chi connectivity index (χ3n) is 8.72. The molecule has 1 saturated carbocycles. The highest BCUT2D eigenvalue weighted by atomic mass is 16.3. The molecule has 3 atom stereocenters. The number of aliphatic hydroxyl groups is 2. The van der Waals surface area contributed by atoms with Crippen molar-refractivity contribution in [2.45, 2.75) is 51.7 Å². The molecule has 9 heteroatoms. The minimum absolute atomic E-state index is 0.0472. The van der Waals surface area contributed by atoms with Crippen molar-refractivity contribution < 1.29 is 34.5 Å². The zero-order chi connectivity index (χ0) is 29.0. The number of primary amides is 1. The molecule has 1 amide bonds. The standard InChI is InChI=1S/C31H32N2O7/c1-3-30-12-19-8-9-21(29(32)39)27(37)31(19,40)28(38)25(30)26(36)24-22(13-30)20(10-11-23(24)35)18-6-4-17(5-7-18)15-33-14-16(2)34/h4-7,9-11,19,33,35-36,40H,3,8,12-15H2,1-2H3,(H2,32,39)/t19-,30-,31-/m1/s1. The van der Waals surface area contributed by atoms with Crippen LogP contribution in [-0.4, -0.2) is 50.7 Å². The van der Waals surface area contributed by atoms with Crippen LogP contribution in [-0.2, 0) is 32.1 Å². The third kappa shape index (κ3) is 4.08. The Labute approximate surface area is 231 Å². The molecule has 0 saturated heterocycles. The summed E-state index contributed by atoms with van der Waals surface area (Å²) in [7, 11) is 0. The number of carbonyl (C=O) groups excluding carboxylic acids is 4. The van der Waals surface area contributed by atoms with Gasteiger partial charge in [0, 0.05) is 23.5 Å². The summed E-state index contributed by atoms with van der Waals surface area (Å²) in [6.07, 6.45) is 2.44. The number of phenolic OH excluding ortho intramolecular Hbond substituents is 1. The van der Waals surface area contributed by atoms with Crippen LogP contribution < -0.4 is 11.1 Å². The highest BCUT2D eigenvalue weighted by Gasteiger charge is 2.64. The maximum atomic E-state index is 13.9. The molecule has 1 fully saturated rings. The Bertz CT molecular complexity index is 1520. The number of phenols is 1. The number of rotatable bonds is 7. The van der Waals surface area contributed by atoms with Gasteiger partial charge in [-0.1, -0.05) is 43.3 Å². The van der Waals surface area contributed by atoms with Crippen molar-refractivity contribution in [2.24, 2.45) is 17.1 Å². The summed E-state index contributed by atoms with van der Waals surface area (Å²) in [5.74, 6) is -4.46. The number of amides is 1. The maximum Gasteiger partial charge on any atom is 0.252 e. The van der Waals surface area contributed by atoms with Gasteiger partial charge in [-0.2, -0.15) is 0 Å². The molecule has 6 N–H and O–H groups in total. The first-order valence-electron chi connectivity index (χ1n) is 13.3. The van der Waals surface area contributed by atoms with Crippen molar-refractivity contribution in [3.05, 3.63) is 70.3 Å². The van der Waals surface area contributed by atoms with E-state index in [1.807, 2.05) is 31.2 Å². The van der Waals surface area contributed by atoms with Gasteiger partial charge in [-0.3, -0.25) is 19.2 Å². The number of ketones is 3. The number of carbonyl (C=O) groups is 4. The van der Waals surface area contributed by atoms with Crippen molar-refractivity contribution in [3.63, 3.8) is 0 Å². The van der Waals surface area contributed by atoms with E-state index in [9.17, 15) is 34.5 Å². The molecule has 0 aliphatic heterocycles. The predicted octanol–water partition coefficient (Wildman–Crippen LogP) is 2.66. The van der Waals surface area contributed by atoms with Crippen molar-refractivity contribution in [1.82, 2.24) is 5.32 Å². The van der Waals surface area contributed by atoms with Gasteiger partial charge in [-0.15, -0.1) is 0 Å². The lowest BCUT2D eigenvalue weighted by Gasteiger charge is -2.51. The van der Waals surface area contributed by atoms with Crippen LogP contribution in [0.25, 0.3) is 16.9 Å². The lowest BCUT2D eigenvalue weighted by atomic mass is 9.51. The Hall–Kier alpha value is -4.08. The zero-order valence-electron chi connectivity index (χ0n) is 22.4. The number of aliphatic hydroxyl groups excluding tert-OH is 1. The summed E-state index contributed by atoms with van der Waals surface area (Å²) >= 11 is 0. The average molecular weight is 545 g/mol. The summed E-state index contributed by atoms with van der Waals surface area (Å²) in [5, 5.41) is 37.0. The van der Waals surface area contributed by atoms with Crippen LogP contribution >= 0.6 is 0 Å². The van der Waals surface area contributed by atoms with Gasteiger partial charge in [0.2, 0.25) is 11.6 Å². The Morgan fingerprint density at radius 3 is 2.40 bits per heavy atom. The minimum atomic E-state index is -2.52. The van der Waals surface area contributed by atoms with Gasteiger partial charge in [-0.25, -0.2) is 0 Å². The number of aromatic hydroxyl groups is 1. The normalized spacial score (nSPS) is 25.6. The fraction of sp³-hybridized carbons (Fsp3) is 0.355. The number of hydrogen-bond donors (Lipinski definition) is 5. The lowest BCUT2D eigenvalue weighted by Crippen LogP contribution is -2.63. The molecular weight excluding hydrogens is 512 g/mol. The molecule has 3 aliphatic carbocycles. The Morgan fingerprint density at radius 1 is 1.07 bits per heavy atom. The quantitative estimate of drug-likeness (QED) is 0.262. The van der Waals surface area contributed by atoms with E-state index in [-0.39, 0.29) is 42.1 Å². The van der Waals surface area contributed by atoms with Gasteiger partial charge in [0.1, 0.15) is 17.3 Å². The summed E-state index contributed by atoms with van der Waals surface area (Å²) in [6.45, 7) is 4.21. The van der Waals surface area contributed by atoms with Gasteiger partial charge >= 0.3 is 0 Å². The fourth-order valence-electron chi connectivity index (χ4n) is 6.62. The van der Waals surface area contributed by atoms with Crippen LogP contribution in [0, 0.1) is 11.3 Å². The van der Waals surface area contributed by atoms with E-state index in [0.717, 1.165) is 16.7 Å². The smallest absolute Gasteiger partial charge is 0.252 e. The van der Waals surface area contributed by atoms with E-state index < -0.39 is 45.7 Å². The molecule has 40 heavy (non-hydrogen) atoms. The maximum absolute atomic E-state index is 13.9. The van der Waals surface area contributed by atoms with Gasteiger partial charge < -0.3 is 26.4 Å². The highest BCUT2D eigenvalue weighted by Crippen LogP contribution is 2.58. The van der Waals surface area contributed by atoms with Crippen LogP contribution in [0.4, 0.5) is 0 Å². The highest BCUT2D eigenvalue weighted by molar-refractivity contribution is 6.32. The monoisotopic (exact) mass is 544 g/mol. The molecule has 9 nitrogen and oxygen atoms in total. The molecule has 2 aromatic carbocycles. The van der Waals surface area contributed by atoms with E-state index >= 15 is 0 Å². The first-order chi connectivity index (χ1) is 18.9. The van der Waals surface area contributed by atoms with Crippen molar-refractivity contribution in [1.29, 1.82) is 0 Å². The van der Waals surface area contributed by atoms with E-state index in [2.05, 4.69) is 5.32 Å². The van der Waals surface area contributed by atoms with Gasteiger partial charge in [-0.05, 0) is 60.9 Å². The number of benzene rings is 2. The molecule has 0 aromatic heterocycles. The predicted molar refractivity (Wildman–Crippen MR) is 147 cm³/mol. The number of hydrogen-bond acceptors (Lipinski definition) is 8. The van der Waals surface area contributed by atoms with E-state index in [4.69, 9.17) is 5.73 Å². The molecule has 2 aromatic rings. The summed E-state index contributed by atoms with van der Waals surface area (Å²) < 4.78 is 0. The molecule has 0 bridgehead atoms. The van der Waals surface area contributed by atoms with Gasteiger partial charge in [0.15, 0.2) is 5.60 Å². The van der Waals surface area contributed by atoms with E-state index in [0.29, 0.717) is 24.9 Å². The Kier molecular flexibility index (Phi) is 6.76. The number of nitrogens with one attached hydrogen (secondary N) is 1. The minimum Gasteiger partial charge on any atom is -0.507 e. The molecule has 0 spiro atoms. The van der Waals surface area contributed by atoms with Crippen LogP contribution in [0.1, 0.15) is 49.8 Å². The van der Waals surface area contributed by atoms with Crippen molar-refractivity contribution in [3.8, 4) is 16.9 Å². The van der Waals surface area contributed by atoms with E-state index in [1.165, 1.54) is 19.1 Å². The second-order valence-electron chi connectivity index (χ2n) is 11.1. The molecule has 0 unspecified atom stereocenters. The first-order valence-corrected chi connectivity index (χ1v) is 13.3. The largest absolute Gasteiger partial charge is 0.507 e. The molecule has 208 valence electrons. The van der Waals surface area contributed by atoms with Gasteiger partial charge in [0.05, 0.1) is 17.7 Å². The molecule has 3 aliphatic rings. The lowest BCUT2D eigenvalue weighted by molar-refractivity contribution is -0.159. The van der Waals surface area contributed by atoms with Crippen molar-refractivity contribution in [2.75, 3.05) is 6.54 Å². The van der Waals surface area contributed by atoms with Gasteiger partial charge in [0.25, 0.3) is 5.91 Å². The SMILES string of the molecule is CC[C@@]12Cc3c(-c4ccc(CNCC(C)=O)cc4)ccc(O)c3C(O)=C1C(=O)[C@]1(O)C(=O)C(C(N)=O)=CC[C@@H]1C2. The molecular formula is C31H32N2O7. The Morgan fingerprint density at radius 2 is 1.77 bits per heavy atom. The number of allylic oxidation sites excluding steroid dienone is 1. The average Bonchev–Trinajstić information content (AvgIpc) is 2.91. The second kappa shape index (κ2) is 9.83. The number of fused-ring (bicyclic) bond motifs is 3. The van der Waals surface area contributed by atoms with Crippen LogP contribution in [0.15, 0.2) is 53.6 Å². The second-order valence-corrected chi connectivity index (χ2v) is 11.1. The number of Topliss-reactive ketones (excluding diaryl/α,β-unsaturated/α-hetero) is 3. The summed E-state index contributed by atoms with van der Waals surface area (Å²) in [4.78, 5) is 50.1. The van der Waals surface area contributed by atoms with Crippen molar-refractivity contribution >= 4 is 29.0 Å². The summed E-state index contributed by atoms with van der Waals surface area (Å²) in [5.41, 5.74) is 4.76. The van der Waals surface area contributed by atoms with Crippen LogP contribution in [0.3, 0.4) is 0 Å². The molecule has 0 heterocycles. The first kappa shape index (κ1) is 27.5. The zero-order valence-corrected chi connectivity index (χ0v) is 22.4. The fourth-order valence-corrected chi connectivity index (χ4v) is 6.62. The third-order valence-corrected chi connectivity index (χ3v) is 8.72. The summed E-state index contributed by atoms with van der Waals surface area (Å²) in [6, 6.07) is 10.9. The van der Waals surface area contributed by atoms with E-state index in [1.54, 1.807) is 6.07 Å². The topological polar surface area (TPSA) is 167 Å². The number of nitrogens with two attached hydrogens (primary N) is 1. The van der Waals surface area contributed by atoms with Crippen LogP contribution in [0.5, 0.6) is 5.75 Å². The van der Waals surface area contributed by atoms with Crippen LogP contribution in [0.2, 0.25) is 0 Å². The molecule has 5 rings (SSSR count).